The second-order valence-corrected chi connectivity index (χ2v) is 3.27. The molecule has 0 aliphatic heterocycles. The lowest BCUT2D eigenvalue weighted by Gasteiger charge is -2.12. The van der Waals surface area contributed by atoms with Crippen LogP contribution >= 0.6 is 0 Å². The summed E-state index contributed by atoms with van der Waals surface area (Å²) < 4.78 is 10.7. The van der Waals surface area contributed by atoms with Crippen molar-refractivity contribution in [2.75, 3.05) is 13.7 Å². The smallest absolute Gasteiger partial charge is 0.235 e. The molecule has 0 aliphatic carbocycles. The summed E-state index contributed by atoms with van der Waals surface area (Å²) >= 11 is 0. The third-order valence-electron chi connectivity index (χ3n) is 2.19. The van der Waals surface area contributed by atoms with Gasteiger partial charge in [-0.3, -0.25) is 0 Å². The molecule has 16 heavy (non-hydrogen) atoms. The second-order valence-electron chi connectivity index (χ2n) is 3.27. The van der Waals surface area contributed by atoms with Gasteiger partial charge < -0.3 is 9.47 Å². The van der Waals surface area contributed by atoms with Gasteiger partial charge in [-0.25, -0.2) is 9.79 Å². The molecule has 0 fully saturated rings. The van der Waals surface area contributed by atoms with E-state index in [2.05, 4.69) is 4.99 Å². The maximum absolute atomic E-state index is 10.1. The summed E-state index contributed by atoms with van der Waals surface area (Å²) in [5, 5.41) is 0. The topological polar surface area (TPSA) is 47.9 Å². The highest BCUT2D eigenvalue weighted by Gasteiger charge is 2.08. The van der Waals surface area contributed by atoms with Crippen molar-refractivity contribution < 1.29 is 14.3 Å². The third-order valence-corrected chi connectivity index (χ3v) is 2.19. The maximum Gasteiger partial charge on any atom is 0.235 e. The molecule has 0 saturated heterocycles. The third kappa shape index (κ3) is 2.84. The van der Waals surface area contributed by atoms with Crippen LogP contribution in [0.2, 0.25) is 0 Å². The average Bonchev–Trinajstić information content (AvgIpc) is 2.29. The number of hydrogen-bond acceptors (Lipinski definition) is 4. The first-order valence-corrected chi connectivity index (χ1v) is 5.06. The van der Waals surface area contributed by atoms with Crippen molar-refractivity contribution in [2.45, 2.75) is 20.4 Å². The molecule has 0 aliphatic rings. The molecule has 86 valence electrons. The van der Waals surface area contributed by atoms with Crippen molar-refractivity contribution in [3.8, 4) is 11.5 Å². The van der Waals surface area contributed by atoms with Crippen LogP contribution in [0.5, 0.6) is 11.5 Å². The fourth-order valence-corrected chi connectivity index (χ4v) is 1.45. The van der Waals surface area contributed by atoms with Gasteiger partial charge in [0.15, 0.2) is 0 Å². The molecule has 0 amide bonds. The minimum Gasteiger partial charge on any atom is -0.496 e. The predicted octanol–water partition coefficient (Wildman–Crippen LogP) is 2.24. The molecule has 0 radical (unpaired) electrons. The van der Waals surface area contributed by atoms with Crippen molar-refractivity contribution in [1.82, 2.24) is 0 Å². The van der Waals surface area contributed by atoms with Gasteiger partial charge in [0.1, 0.15) is 11.5 Å². The number of aryl methyl sites for hydroxylation is 1. The lowest BCUT2D eigenvalue weighted by Crippen LogP contribution is -1.98. The number of benzene rings is 1. The normalized spacial score (nSPS) is 9.44. The molecule has 0 unspecified atom stereocenters. The fraction of sp³-hybridized carbons (Fsp3) is 0.417. The Labute approximate surface area is 94.9 Å². The van der Waals surface area contributed by atoms with Crippen LogP contribution < -0.4 is 9.47 Å². The van der Waals surface area contributed by atoms with E-state index >= 15 is 0 Å². The molecular weight excluding hydrogens is 206 g/mol. The summed E-state index contributed by atoms with van der Waals surface area (Å²) in [5.74, 6) is 1.50. The van der Waals surface area contributed by atoms with E-state index in [0.717, 1.165) is 16.9 Å². The minimum atomic E-state index is 0.257. The Morgan fingerprint density at radius 3 is 2.69 bits per heavy atom. The van der Waals surface area contributed by atoms with Crippen molar-refractivity contribution in [1.29, 1.82) is 0 Å². The molecule has 1 aromatic rings. The van der Waals surface area contributed by atoms with Crippen LogP contribution in [0, 0.1) is 6.92 Å². The highest BCUT2D eigenvalue weighted by atomic mass is 16.5. The molecule has 4 nitrogen and oxygen atoms in total. The van der Waals surface area contributed by atoms with Crippen molar-refractivity contribution >= 4 is 6.08 Å². The Kier molecular flexibility index (Phi) is 4.55. The van der Waals surface area contributed by atoms with Gasteiger partial charge in [-0.2, -0.15) is 0 Å². The average molecular weight is 221 g/mol. The Morgan fingerprint density at radius 1 is 1.38 bits per heavy atom. The lowest BCUT2D eigenvalue weighted by molar-refractivity contribution is 0.335. The van der Waals surface area contributed by atoms with Gasteiger partial charge in [0.2, 0.25) is 6.08 Å². The summed E-state index contributed by atoms with van der Waals surface area (Å²) in [6.07, 6.45) is 1.51. The SMILES string of the molecule is CCOc1cc(CN=C=O)c(OC)cc1C. The van der Waals surface area contributed by atoms with Gasteiger partial charge in [0.05, 0.1) is 20.3 Å². The van der Waals surface area contributed by atoms with E-state index < -0.39 is 0 Å². The van der Waals surface area contributed by atoms with E-state index in [4.69, 9.17) is 9.47 Å². The first-order chi connectivity index (χ1) is 7.72. The highest BCUT2D eigenvalue weighted by molar-refractivity contribution is 5.46. The number of aliphatic imine (C=N–C) groups is 1. The summed E-state index contributed by atoms with van der Waals surface area (Å²) in [6, 6.07) is 3.72. The molecule has 1 rings (SSSR count). The molecular formula is C12H15NO3. The number of hydrogen-bond donors (Lipinski definition) is 0. The first kappa shape index (κ1) is 12.3. The van der Waals surface area contributed by atoms with Crippen LogP contribution in [0.4, 0.5) is 0 Å². The van der Waals surface area contributed by atoms with Gasteiger partial charge in [0, 0.05) is 5.56 Å². The van der Waals surface area contributed by atoms with E-state index in [1.807, 2.05) is 26.0 Å². The summed E-state index contributed by atoms with van der Waals surface area (Å²) in [5.41, 5.74) is 1.82. The Bertz CT molecular complexity index is 409. The maximum atomic E-state index is 10.1. The van der Waals surface area contributed by atoms with E-state index in [-0.39, 0.29) is 6.54 Å². The molecule has 4 heteroatoms. The highest BCUT2D eigenvalue weighted by Crippen LogP contribution is 2.28. The van der Waals surface area contributed by atoms with Gasteiger partial charge >= 0.3 is 0 Å². The first-order valence-electron chi connectivity index (χ1n) is 5.06. The molecule has 0 heterocycles. The predicted molar refractivity (Wildman–Crippen MR) is 60.7 cm³/mol. The number of methoxy groups -OCH3 is 1. The van der Waals surface area contributed by atoms with E-state index in [1.165, 1.54) is 6.08 Å². The number of rotatable bonds is 5. The Morgan fingerprint density at radius 2 is 2.12 bits per heavy atom. The van der Waals surface area contributed by atoms with Crippen molar-refractivity contribution in [3.05, 3.63) is 23.3 Å². The van der Waals surface area contributed by atoms with Crippen molar-refractivity contribution in [2.24, 2.45) is 4.99 Å². The number of nitrogens with zero attached hydrogens (tertiary/aromatic N) is 1. The Balaban J connectivity index is 3.11. The molecule has 0 atom stereocenters. The second kappa shape index (κ2) is 5.93. The molecule has 0 N–H and O–H groups in total. The summed E-state index contributed by atoms with van der Waals surface area (Å²) in [4.78, 5) is 13.6. The largest absolute Gasteiger partial charge is 0.496 e. The van der Waals surface area contributed by atoms with Crippen LogP contribution in [-0.2, 0) is 11.3 Å². The molecule has 1 aromatic carbocycles. The van der Waals surface area contributed by atoms with Gasteiger partial charge in [-0.1, -0.05) is 0 Å². The van der Waals surface area contributed by atoms with Gasteiger partial charge in [-0.15, -0.1) is 0 Å². The zero-order valence-electron chi connectivity index (χ0n) is 9.74. The molecule has 0 spiro atoms. The summed E-state index contributed by atoms with van der Waals surface area (Å²) in [6.45, 7) is 4.73. The van der Waals surface area contributed by atoms with E-state index in [9.17, 15) is 4.79 Å². The van der Waals surface area contributed by atoms with E-state index in [0.29, 0.717) is 12.4 Å². The van der Waals surface area contributed by atoms with Crippen LogP contribution in [-0.4, -0.2) is 19.8 Å². The standard InChI is InChI=1S/C12H15NO3/c1-4-16-11-6-10(7-13-8-14)12(15-3)5-9(11)2/h5-6H,4,7H2,1-3H3. The lowest BCUT2D eigenvalue weighted by atomic mass is 10.1. The molecule has 0 saturated carbocycles. The number of isocyanates is 1. The number of ether oxygens (including phenoxy) is 2. The summed E-state index contributed by atoms with van der Waals surface area (Å²) in [7, 11) is 1.59. The molecule has 0 bridgehead atoms. The number of carbonyl (C=O) groups excluding carboxylic acids is 1. The fourth-order valence-electron chi connectivity index (χ4n) is 1.45. The monoisotopic (exact) mass is 221 g/mol. The van der Waals surface area contributed by atoms with Crippen LogP contribution in [0.15, 0.2) is 17.1 Å². The quantitative estimate of drug-likeness (QED) is 0.566. The van der Waals surface area contributed by atoms with Crippen LogP contribution in [0.25, 0.3) is 0 Å². The minimum absolute atomic E-state index is 0.257. The van der Waals surface area contributed by atoms with Crippen LogP contribution in [0.1, 0.15) is 18.1 Å². The van der Waals surface area contributed by atoms with Crippen molar-refractivity contribution in [3.63, 3.8) is 0 Å². The van der Waals surface area contributed by atoms with Crippen LogP contribution in [0.3, 0.4) is 0 Å². The Hall–Kier alpha value is -1.80. The van der Waals surface area contributed by atoms with Gasteiger partial charge in [0.25, 0.3) is 0 Å². The van der Waals surface area contributed by atoms with E-state index in [1.54, 1.807) is 7.11 Å². The van der Waals surface area contributed by atoms with Gasteiger partial charge in [-0.05, 0) is 31.5 Å². The zero-order valence-corrected chi connectivity index (χ0v) is 9.74. The zero-order chi connectivity index (χ0) is 12.0. The molecule has 0 aromatic heterocycles.